The minimum atomic E-state index is -0.343. The van der Waals surface area contributed by atoms with E-state index in [-0.39, 0.29) is 11.6 Å². The van der Waals surface area contributed by atoms with Crippen molar-refractivity contribution in [1.29, 1.82) is 0 Å². The number of hydrogen-bond acceptors (Lipinski definition) is 6. The summed E-state index contributed by atoms with van der Waals surface area (Å²) in [6, 6.07) is 8.70. The largest absolute Gasteiger partial charge is 0.497 e. The van der Waals surface area contributed by atoms with E-state index in [9.17, 15) is 4.79 Å². The number of amides is 1. The monoisotopic (exact) mass is 358 g/mol. The fraction of sp³-hybridized carbons (Fsp3) is 0.421. The van der Waals surface area contributed by atoms with Gasteiger partial charge in [0.15, 0.2) is 11.5 Å². The highest BCUT2D eigenvalue weighted by Crippen LogP contribution is 2.29. The Morgan fingerprint density at radius 3 is 2.31 bits per heavy atom. The van der Waals surface area contributed by atoms with Gasteiger partial charge in [0.25, 0.3) is 5.91 Å². The molecular formula is C19H26N4O3. The average Bonchev–Trinajstić information content (AvgIpc) is 2.68. The lowest BCUT2D eigenvalue weighted by Gasteiger charge is -2.21. The van der Waals surface area contributed by atoms with Crippen molar-refractivity contribution in [2.75, 3.05) is 37.5 Å². The zero-order chi connectivity index (χ0) is 18.9. The second-order valence-corrected chi connectivity index (χ2v) is 5.78. The number of carbonyl (C=O) groups excluding carboxylic acids is 1. The molecule has 0 fully saturated rings. The van der Waals surface area contributed by atoms with Crippen LogP contribution in [-0.2, 0) is 0 Å². The van der Waals surface area contributed by atoms with Crippen LogP contribution >= 0.6 is 0 Å². The number of carbonyl (C=O) groups is 1. The van der Waals surface area contributed by atoms with E-state index in [0.29, 0.717) is 17.2 Å². The van der Waals surface area contributed by atoms with Crippen LogP contribution in [0.25, 0.3) is 0 Å². The van der Waals surface area contributed by atoms with Crippen molar-refractivity contribution >= 4 is 17.4 Å². The normalized spacial score (nSPS) is 10.3. The number of methoxy groups -OCH3 is 2. The highest BCUT2D eigenvalue weighted by atomic mass is 16.5. The Morgan fingerprint density at radius 2 is 1.77 bits per heavy atom. The summed E-state index contributed by atoms with van der Waals surface area (Å²) < 4.78 is 10.4. The van der Waals surface area contributed by atoms with Gasteiger partial charge in [-0.25, -0.2) is 0 Å². The fourth-order valence-corrected chi connectivity index (χ4v) is 2.58. The van der Waals surface area contributed by atoms with Gasteiger partial charge in [-0.05, 0) is 37.1 Å². The Balaban J connectivity index is 2.13. The first-order valence-corrected chi connectivity index (χ1v) is 8.75. The predicted molar refractivity (Wildman–Crippen MR) is 102 cm³/mol. The lowest BCUT2D eigenvalue weighted by Crippen LogP contribution is -2.26. The van der Waals surface area contributed by atoms with E-state index in [1.807, 2.05) is 6.07 Å². The summed E-state index contributed by atoms with van der Waals surface area (Å²) in [7, 11) is 3.11. The smallest absolute Gasteiger partial charge is 0.276 e. The van der Waals surface area contributed by atoms with Crippen molar-refractivity contribution in [2.45, 2.75) is 26.7 Å². The standard InChI is InChI=1S/C19H26N4O3/c1-5-11-23(12-6-2)18-10-9-16(21-22-18)19(24)20-15-8-7-14(25-3)13-17(15)26-4/h7-10,13H,5-6,11-12H2,1-4H3,(H,20,24). The molecule has 1 heterocycles. The molecule has 1 aromatic heterocycles. The molecule has 0 unspecified atom stereocenters. The number of ether oxygens (including phenoxy) is 2. The van der Waals surface area contributed by atoms with Gasteiger partial charge in [0.05, 0.1) is 19.9 Å². The van der Waals surface area contributed by atoms with E-state index in [2.05, 4.69) is 34.3 Å². The summed E-state index contributed by atoms with van der Waals surface area (Å²) in [5.41, 5.74) is 0.794. The highest BCUT2D eigenvalue weighted by molar-refractivity contribution is 6.03. The second kappa shape index (κ2) is 9.60. The van der Waals surface area contributed by atoms with Crippen molar-refractivity contribution in [1.82, 2.24) is 10.2 Å². The van der Waals surface area contributed by atoms with Crippen molar-refractivity contribution < 1.29 is 14.3 Å². The summed E-state index contributed by atoms with van der Waals surface area (Å²) in [5, 5.41) is 11.1. The summed E-state index contributed by atoms with van der Waals surface area (Å²) in [5.74, 6) is 1.60. The molecule has 0 radical (unpaired) electrons. The van der Waals surface area contributed by atoms with Gasteiger partial charge in [-0.1, -0.05) is 13.8 Å². The molecule has 0 saturated carbocycles. The minimum absolute atomic E-state index is 0.250. The number of nitrogens with zero attached hydrogens (tertiary/aromatic N) is 3. The zero-order valence-corrected chi connectivity index (χ0v) is 15.8. The molecule has 7 heteroatoms. The first-order chi connectivity index (χ1) is 12.6. The SMILES string of the molecule is CCCN(CCC)c1ccc(C(=O)Nc2ccc(OC)cc2OC)nn1. The maximum atomic E-state index is 12.5. The summed E-state index contributed by atoms with van der Waals surface area (Å²) in [4.78, 5) is 14.6. The van der Waals surface area contributed by atoms with Crippen molar-refractivity contribution in [3.63, 3.8) is 0 Å². The molecule has 0 aliphatic carbocycles. The predicted octanol–water partition coefficient (Wildman–Crippen LogP) is 3.37. The van der Waals surface area contributed by atoms with E-state index >= 15 is 0 Å². The first kappa shape index (κ1) is 19.5. The molecule has 0 atom stereocenters. The molecule has 2 aromatic rings. The maximum Gasteiger partial charge on any atom is 0.276 e. The molecule has 26 heavy (non-hydrogen) atoms. The minimum Gasteiger partial charge on any atom is -0.497 e. The van der Waals surface area contributed by atoms with E-state index in [4.69, 9.17) is 9.47 Å². The second-order valence-electron chi connectivity index (χ2n) is 5.78. The molecule has 1 aromatic carbocycles. The number of hydrogen-bond donors (Lipinski definition) is 1. The molecule has 7 nitrogen and oxygen atoms in total. The van der Waals surface area contributed by atoms with Crippen LogP contribution in [0.1, 0.15) is 37.2 Å². The Bertz CT molecular complexity index is 713. The van der Waals surface area contributed by atoms with Crippen molar-refractivity contribution in [3.05, 3.63) is 36.0 Å². The van der Waals surface area contributed by atoms with Crippen LogP contribution in [0.2, 0.25) is 0 Å². The van der Waals surface area contributed by atoms with Crippen LogP contribution in [0.3, 0.4) is 0 Å². The van der Waals surface area contributed by atoms with Crippen LogP contribution in [-0.4, -0.2) is 43.4 Å². The number of nitrogens with one attached hydrogen (secondary N) is 1. The number of anilines is 2. The van der Waals surface area contributed by atoms with Gasteiger partial charge < -0.3 is 19.7 Å². The van der Waals surface area contributed by atoms with Crippen LogP contribution < -0.4 is 19.7 Å². The Hall–Kier alpha value is -2.83. The number of benzene rings is 1. The van der Waals surface area contributed by atoms with E-state index < -0.39 is 0 Å². The average molecular weight is 358 g/mol. The molecule has 0 aliphatic rings. The van der Waals surface area contributed by atoms with Gasteiger partial charge in [-0.2, -0.15) is 0 Å². The van der Waals surface area contributed by atoms with Gasteiger partial charge in [-0.15, -0.1) is 10.2 Å². The lowest BCUT2D eigenvalue weighted by atomic mass is 10.2. The molecule has 0 bridgehead atoms. The van der Waals surface area contributed by atoms with Crippen LogP contribution in [0, 0.1) is 0 Å². The maximum absolute atomic E-state index is 12.5. The van der Waals surface area contributed by atoms with Crippen LogP contribution in [0.4, 0.5) is 11.5 Å². The summed E-state index contributed by atoms with van der Waals surface area (Å²) in [6.45, 7) is 6.08. The van der Waals surface area contributed by atoms with Gasteiger partial charge in [0.2, 0.25) is 0 Å². The Kier molecular flexibility index (Phi) is 7.20. The molecule has 2 rings (SSSR count). The van der Waals surface area contributed by atoms with Crippen LogP contribution in [0.5, 0.6) is 11.5 Å². The molecule has 0 saturated heterocycles. The third-order valence-electron chi connectivity index (χ3n) is 3.85. The fourth-order valence-electron chi connectivity index (χ4n) is 2.58. The molecule has 0 spiro atoms. The van der Waals surface area contributed by atoms with Gasteiger partial charge in [0, 0.05) is 19.2 Å². The quantitative estimate of drug-likeness (QED) is 0.741. The van der Waals surface area contributed by atoms with E-state index in [0.717, 1.165) is 31.7 Å². The van der Waals surface area contributed by atoms with Gasteiger partial charge >= 0.3 is 0 Å². The number of rotatable bonds is 9. The molecule has 1 N–H and O–H groups in total. The topological polar surface area (TPSA) is 76.6 Å². The third kappa shape index (κ3) is 4.84. The number of aromatic nitrogens is 2. The van der Waals surface area contributed by atoms with Crippen molar-refractivity contribution in [3.8, 4) is 11.5 Å². The third-order valence-corrected chi connectivity index (χ3v) is 3.85. The van der Waals surface area contributed by atoms with Crippen molar-refractivity contribution in [2.24, 2.45) is 0 Å². The van der Waals surface area contributed by atoms with Gasteiger partial charge in [0.1, 0.15) is 11.5 Å². The molecule has 0 aliphatic heterocycles. The Labute approximate surface area is 154 Å². The van der Waals surface area contributed by atoms with E-state index in [1.165, 1.54) is 7.11 Å². The molecular weight excluding hydrogens is 332 g/mol. The van der Waals surface area contributed by atoms with Gasteiger partial charge in [-0.3, -0.25) is 4.79 Å². The summed E-state index contributed by atoms with van der Waals surface area (Å²) in [6.07, 6.45) is 2.06. The summed E-state index contributed by atoms with van der Waals surface area (Å²) >= 11 is 0. The Morgan fingerprint density at radius 1 is 1.04 bits per heavy atom. The highest BCUT2D eigenvalue weighted by Gasteiger charge is 2.14. The zero-order valence-electron chi connectivity index (χ0n) is 15.8. The van der Waals surface area contributed by atoms with Crippen LogP contribution in [0.15, 0.2) is 30.3 Å². The molecule has 140 valence electrons. The first-order valence-electron chi connectivity index (χ1n) is 8.75. The molecule has 1 amide bonds. The lowest BCUT2D eigenvalue weighted by molar-refractivity contribution is 0.102. The van der Waals surface area contributed by atoms with E-state index in [1.54, 1.807) is 31.4 Å².